The number of hydrogen-bond donors (Lipinski definition) is 14. The van der Waals surface area contributed by atoms with E-state index in [1.165, 1.54) is 11.8 Å². The summed E-state index contributed by atoms with van der Waals surface area (Å²) >= 11 is 0. The van der Waals surface area contributed by atoms with E-state index in [0.29, 0.717) is 6.42 Å². The summed E-state index contributed by atoms with van der Waals surface area (Å²) in [5, 5.41) is 34.8. The highest BCUT2D eigenvalue weighted by Crippen LogP contribution is 2.20. The van der Waals surface area contributed by atoms with Crippen molar-refractivity contribution in [3.05, 3.63) is 35.9 Å². The molecule has 0 unspecified atom stereocenters. The van der Waals surface area contributed by atoms with E-state index in [9.17, 15) is 53.1 Å². The van der Waals surface area contributed by atoms with Crippen LogP contribution in [-0.4, -0.2) is 162 Å². The average molecular weight is 932 g/mol. The molecule has 0 spiro atoms. The normalized spacial score (nSPS) is 15.2. The Hall–Kier alpha value is -7.58. The highest BCUT2D eigenvalue weighted by Gasteiger charge is 2.39. The van der Waals surface area contributed by atoms with Gasteiger partial charge in [0.05, 0.1) is 26.1 Å². The van der Waals surface area contributed by atoms with Gasteiger partial charge >= 0.3 is 11.9 Å². The summed E-state index contributed by atoms with van der Waals surface area (Å²) in [5.74, 6) is -9.76. The van der Waals surface area contributed by atoms with Crippen molar-refractivity contribution in [3.8, 4) is 0 Å². The number of hydrogen-bond acceptors (Lipinski definition) is 13. The SMILES string of the molecule is C[C@H](NC(=O)CNC(=O)[C@H](CCCN=C(N)N)NC(=O)[C@@H]1CCCN1C(=O)[C@@H](Cc1ccccc1)NC(=O)CN)C(=O)N[C@@H](CCCN=C(N)N)C(=O)NCC(=O)N[C@@H](CC(=O)O)C(=O)O. The lowest BCUT2D eigenvalue weighted by Gasteiger charge is -2.30. The Balaban J connectivity index is 2.11. The molecule has 0 aromatic heterocycles. The lowest BCUT2D eigenvalue weighted by atomic mass is 10.0. The average Bonchev–Trinajstić information content (AvgIpc) is 3.76. The van der Waals surface area contributed by atoms with Crippen LogP contribution in [0.5, 0.6) is 0 Å². The molecule has 2 rings (SSSR count). The molecule has 27 nitrogen and oxygen atoms in total. The molecule has 1 heterocycles. The number of rotatable bonds is 28. The first-order valence-electron chi connectivity index (χ1n) is 20.9. The van der Waals surface area contributed by atoms with Gasteiger partial charge in [-0.3, -0.25) is 53.1 Å². The summed E-state index contributed by atoms with van der Waals surface area (Å²) in [4.78, 5) is 136. The van der Waals surface area contributed by atoms with Gasteiger partial charge < -0.3 is 81.0 Å². The van der Waals surface area contributed by atoms with Gasteiger partial charge in [0.2, 0.25) is 47.3 Å². The van der Waals surface area contributed by atoms with E-state index >= 15 is 0 Å². The maximum atomic E-state index is 13.8. The first kappa shape index (κ1) is 54.6. The Labute approximate surface area is 379 Å². The van der Waals surface area contributed by atoms with Crippen LogP contribution in [-0.2, 0) is 54.4 Å². The summed E-state index contributed by atoms with van der Waals surface area (Å²) in [6.07, 6.45) is 0.171. The van der Waals surface area contributed by atoms with Crippen molar-refractivity contribution in [2.45, 2.75) is 94.5 Å². The van der Waals surface area contributed by atoms with E-state index in [-0.39, 0.29) is 76.6 Å². The first-order chi connectivity index (χ1) is 31.2. The Kier molecular flexibility index (Phi) is 23.4. The third kappa shape index (κ3) is 20.3. The third-order valence-electron chi connectivity index (χ3n) is 9.73. The van der Waals surface area contributed by atoms with Gasteiger partial charge in [-0.2, -0.15) is 0 Å². The van der Waals surface area contributed by atoms with E-state index in [1.54, 1.807) is 30.3 Å². The Bertz CT molecular complexity index is 1940. The number of aliphatic carboxylic acids is 2. The van der Waals surface area contributed by atoms with E-state index in [2.05, 4.69) is 41.9 Å². The van der Waals surface area contributed by atoms with Crippen molar-refractivity contribution in [1.82, 2.24) is 42.1 Å². The molecule has 1 saturated heterocycles. The maximum Gasteiger partial charge on any atom is 0.326 e. The topological polar surface area (TPSA) is 453 Å². The van der Waals surface area contributed by atoms with Gasteiger partial charge in [0.25, 0.3) is 0 Å². The smallest absolute Gasteiger partial charge is 0.326 e. The number of nitrogens with one attached hydrogen (secondary N) is 7. The second-order valence-corrected chi connectivity index (χ2v) is 15.0. The highest BCUT2D eigenvalue weighted by atomic mass is 16.4. The fraction of sp³-hybridized carbons (Fsp3) is 0.538. The quantitative estimate of drug-likeness (QED) is 0.0211. The molecule has 1 aliphatic heterocycles. The molecule has 6 atom stereocenters. The summed E-state index contributed by atoms with van der Waals surface area (Å²) in [6.45, 7) is -0.230. The van der Waals surface area contributed by atoms with Gasteiger partial charge in [-0.05, 0) is 51.0 Å². The molecule has 0 saturated carbocycles. The van der Waals surface area contributed by atoms with Crippen molar-refractivity contribution in [1.29, 1.82) is 0 Å². The van der Waals surface area contributed by atoms with Crippen LogP contribution in [0.2, 0.25) is 0 Å². The van der Waals surface area contributed by atoms with Crippen LogP contribution in [0, 0.1) is 0 Å². The summed E-state index contributed by atoms with van der Waals surface area (Å²) in [6, 6.07) is 1.21. The fourth-order valence-corrected chi connectivity index (χ4v) is 6.48. The Morgan fingerprint density at radius 3 is 1.74 bits per heavy atom. The van der Waals surface area contributed by atoms with Crippen LogP contribution in [0.4, 0.5) is 0 Å². The number of aliphatic imine (C=N–C) groups is 2. The predicted octanol–water partition coefficient (Wildman–Crippen LogP) is -6.48. The molecule has 1 aromatic rings. The van der Waals surface area contributed by atoms with Gasteiger partial charge in [-0.1, -0.05) is 30.3 Å². The van der Waals surface area contributed by atoms with Crippen molar-refractivity contribution in [3.63, 3.8) is 0 Å². The number of carbonyl (C=O) groups excluding carboxylic acids is 8. The zero-order valence-corrected chi connectivity index (χ0v) is 36.5. The first-order valence-corrected chi connectivity index (χ1v) is 20.9. The van der Waals surface area contributed by atoms with Crippen molar-refractivity contribution >= 4 is 71.1 Å². The number of nitrogens with zero attached hydrogens (tertiary/aromatic N) is 3. The standard InChI is InChI=1S/C39H61N15O12/c1-21(32(60)52-23(10-5-13-45-38(41)42)33(61)48-20-30(57)51-26(37(65)66)17-31(58)59)49-29(56)19-47-34(62)24(11-6-14-46-39(43)44)53-35(63)27-12-7-15-54(27)36(64)25(50-28(55)18-40)16-22-8-3-2-4-9-22/h2-4,8-9,21,23-27H,5-7,10-20,40H2,1H3,(H,47,62)(H,48,61)(H,49,56)(H,50,55)(H,51,57)(H,52,60)(H,53,63)(H,58,59)(H,65,66)(H4,41,42,45)(H4,43,44,46)/t21-,23-,24-,25+,26-,27-/m0/s1. The maximum absolute atomic E-state index is 13.8. The van der Waals surface area contributed by atoms with Crippen LogP contribution in [0.25, 0.3) is 0 Å². The molecular weight excluding hydrogens is 871 g/mol. The van der Waals surface area contributed by atoms with E-state index in [1.807, 2.05) is 5.32 Å². The fourth-order valence-electron chi connectivity index (χ4n) is 6.48. The second-order valence-electron chi connectivity index (χ2n) is 15.0. The van der Waals surface area contributed by atoms with Crippen LogP contribution in [0.1, 0.15) is 57.4 Å². The second kappa shape index (κ2) is 28.3. The number of guanidine groups is 2. The molecule has 27 heteroatoms. The molecule has 19 N–H and O–H groups in total. The molecule has 0 bridgehead atoms. The number of benzene rings is 1. The van der Waals surface area contributed by atoms with Crippen molar-refractivity contribution in [2.75, 3.05) is 39.3 Å². The van der Waals surface area contributed by atoms with Gasteiger partial charge in [0.15, 0.2) is 11.9 Å². The minimum absolute atomic E-state index is 0.00456. The van der Waals surface area contributed by atoms with E-state index in [4.69, 9.17) is 33.8 Å². The lowest BCUT2D eigenvalue weighted by Crippen LogP contribution is -2.57. The number of likely N-dealkylation sites (tertiary alicyclic amines) is 1. The molecule has 8 amide bonds. The molecule has 0 radical (unpaired) electrons. The number of carboxylic acid groups (broad SMARTS) is 2. The van der Waals surface area contributed by atoms with Crippen LogP contribution in [0.3, 0.4) is 0 Å². The van der Waals surface area contributed by atoms with Crippen LogP contribution < -0.4 is 65.9 Å². The minimum Gasteiger partial charge on any atom is -0.481 e. The number of carbonyl (C=O) groups is 10. The number of nitrogens with two attached hydrogens (primary N) is 5. The van der Waals surface area contributed by atoms with Crippen LogP contribution in [0.15, 0.2) is 40.3 Å². The number of carboxylic acids is 2. The predicted molar refractivity (Wildman–Crippen MR) is 235 cm³/mol. The monoisotopic (exact) mass is 931 g/mol. The molecular formula is C39H61N15O12. The highest BCUT2D eigenvalue weighted by molar-refractivity contribution is 5.97. The Morgan fingerprint density at radius 1 is 0.697 bits per heavy atom. The largest absolute Gasteiger partial charge is 0.481 e. The van der Waals surface area contributed by atoms with Gasteiger partial charge in [0.1, 0.15) is 36.3 Å². The minimum atomic E-state index is -1.78. The summed E-state index contributed by atoms with van der Waals surface area (Å²) in [7, 11) is 0. The van der Waals surface area contributed by atoms with Gasteiger partial charge in [-0.15, -0.1) is 0 Å². The van der Waals surface area contributed by atoms with Gasteiger partial charge in [0, 0.05) is 26.1 Å². The third-order valence-corrected chi connectivity index (χ3v) is 9.73. The summed E-state index contributed by atoms with van der Waals surface area (Å²) in [5.41, 5.74) is 27.8. The summed E-state index contributed by atoms with van der Waals surface area (Å²) < 4.78 is 0. The Morgan fingerprint density at radius 2 is 1.23 bits per heavy atom. The zero-order chi connectivity index (χ0) is 49.3. The molecule has 0 aliphatic carbocycles. The molecule has 1 fully saturated rings. The van der Waals surface area contributed by atoms with Gasteiger partial charge in [-0.25, -0.2) is 4.79 Å². The molecule has 1 aromatic carbocycles. The molecule has 66 heavy (non-hydrogen) atoms. The van der Waals surface area contributed by atoms with Crippen molar-refractivity contribution < 1.29 is 58.2 Å². The van der Waals surface area contributed by atoms with Crippen LogP contribution >= 0.6 is 0 Å². The van der Waals surface area contributed by atoms with E-state index < -0.39 is 115 Å². The van der Waals surface area contributed by atoms with E-state index in [0.717, 1.165) is 5.56 Å². The number of amides is 8. The van der Waals surface area contributed by atoms with Crippen molar-refractivity contribution in [2.24, 2.45) is 38.7 Å². The lowest BCUT2D eigenvalue weighted by molar-refractivity contribution is -0.147. The molecule has 364 valence electrons. The molecule has 1 aliphatic rings. The zero-order valence-electron chi connectivity index (χ0n) is 36.5.